The molecule has 0 saturated carbocycles. The van der Waals surface area contributed by atoms with E-state index >= 15 is 0 Å². The Balaban J connectivity index is 1.47. The molecular weight excluding hydrogens is 526 g/mol. The Morgan fingerprint density at radius 1 is 0.725 bits per heavy atom. The number of para-hydroxylation sites is 2. The number of hydrogen-bond donors (Lipinski definition) is 1. The highest BCUT2D eigenvalue weighted by Crippen LogP contribution is 2.36. The Kier molecular flexibility index (Phi) is 6.45. The van der Waals surface area contributed by atoms with Gasteiger partial charge in [0.1, 0.15) is 0 Å². The van der Waals surface area contributed by atoms with E-state index in [1.54, 1.807) is 42.5 Å². The molecule has 0 radical (unpaired) electrons. The smallest absolute Gasteiger partial charge is 0.277 e. The lowest BCUT2D eigenvalue weighted by Gasteiger charge is -2.28. The van der Waals surface area contributed by atoms with Gasteiger partial charge in [0.15, 0.2) is 0 Å². The summed E-state index contributed by atoms with van der Waals surface area (Å²) in [6, 6.07) is 33.1. The van der Waals surface area contributed by atoms with Gasteiger partial charge in [-0.05, 0) is 36.4 Å². The monoisotopic (exact) mass is 551 g/mol. The molecule has 200 valence electrons. The number of fused-ring (bicyclic) bond motifs is 4. The van der Waals surface area contributed by atoms with Crippen LogP contribution in [0.15, 0.2) is 120 Å². The molecule has 5 aromatic carbocycles. The molecule has 0 bridgehead atoms. The van der Waals surface area contributed by atoms with Crippen LogP contribution in [0.1, 0.15) is 0 Å². The molecule has 0 spiro atoms. The standard InChI is InChI=1S/C31H25N3O5S/c35-22(20-32-28-16-6-4-12-24(28)25-13-5-7-17-29(25)32)21-33(40(38,39)23-10-2-1-3-11-23)30-18-8-15-27-26(30)14-9-19-31(27)34(36)37/h1-19,22,35H,20-21H2/t22-/m1/s1. The van der Waals surface area contributed by atoms with E-state index in [1.165, 1.54) is 24.3 Å². The molecule has 0 aliphatic rings. The maximum atomic E-state index is 14.0. The highest BCUT2D eigenvalue weighted by Gasteiger charge is 2.29. The largest absolute Gasteiger partial charge is 0.389 e. The average molecular weight is 552 g/mol. The molecule has 0 aliphatic carbocycles. The fourth-order valence-electron chi connectivity index (χ4n) is 5.36. The summed E-state index contributed by atoms with van der Waals surface area (Å²) in [6.45, 7) is -0.125. The average Bonchev–Trinajstić information content (AvgIpc) is 3.29. The summed E-state index contributed by atoms with van der Waals surface area (Å²) in [5.74, 6) is 0. The van der Waals surface area contributed by atoms with E-state index in [9.17, 15) is 23.6 Å². The number of aliphatic hydroxyl groups excluding tert-OH is 1. The van der Waals surface area contributed by atoms with Gasteiger partial charge in [-0.1, -0.05) is 72.8 Å². The Hall–Kier alpha value is -4.73. The summed E-state index contributed by atoms with van der Waals surface area (Å²) in [7, 11) is -4.14. The molecule has 9 heteroatoms. The number of rotatable bonds is 8. The van der Waals surface area contributed by atoms with Gasteiger partial charge in [-0.2, -0.15) is 0 Å². The number of aliphatic hydroxyl groups is 1. The minimum absolute atomic E-state index is 0.0569. The minimum Gasteiger partial charge on any atom is -0.389 e. The quantitative estimate of drug-likeness (QED) is 0.181. The molecule has 0 aliphatic heterocycles. The first-order valence-electron chi connectivity index (χ1n) is 12.7. The van der Waals surface area contributed by atoms with Crippen LogP contribution in [0.3, 0.4) is 0 Å². The van der Waals surface area contributed by atoms with Crippen molar-refractivity contribution >= 4 is 54.0 Å². The van der Waals surface area contributed by atoms with E-state index in [-0.39, 0.29) is 29.4 Å². The first-order chi connectivity index (χ1) is 19.4. The van der Waals surface area contributed by atoms with Gasteiger partial charge in [0.05, 0.1) is 40.1 Å². The number of nitrogens with zero attached hydrogens (tertiary/aromatic N) is 3. The lowest BCUT2D eigenvalue weighted by Crippen LogP contribution is -2.39. The third-order valence-electron chi connectivity index (χ3n) is 7.12. The zero-order valence-corrected chi connectivity index (χ0v) is 22.1. The van der Waals surface area contributed by atoms with Crippen LogP contribution in [0, 0.1) is 10.1 Å². The zero-order chi connectivity index (χ0) is 27.9. The second-order valence-electron chi connectivity index (χ2n) is 9.55. The molecule has 1 heterocycles. The lowest BCUT2D eigenvalue weighted by atomic mass is 10.1. The lowest BCUT2D eigenvalue weighted by molar-refractivity contribution is -0.383. The third-order valence-corrected chi connectivity index (χ3v) is 8.92. The van der Waals surface area contributed by atoms with Gasteiger partial charge in [-0.25, -0.2) is 8.42 Å². The molecule has 0 saturated heterocycles. The van der Waals surface area contributed by atoms with Crippen molar-refractivity contribution in [2.45, 2.75) is 17.5 Å². The Morgan fingerprint density at radius 2 is 1.27 bits per heavy atom. The highest BCUT2D eigenvalue weighted by atomic mass is 32.2. The van der Waals surface area contributed by atoms with Crippen molar-refractivity contribution in [1.29, 1.82) is 0 Å². The topological polar surface area (TPSA) is 106 Å². The van der Waals surface area contributed by atoms with Crippen molar-refractivity contribution < 1.29 is 18.4 Å². The van der Waals surface area contributed by atoms with E-state index in [1.807, 2.05) is 53.1 Å². The molecule has 1 atom stereocenters. The Labute approximate surface area is 230 Å². The van der Waals surface area contributed by atoms with Crippen molar-refractivity contribution in [3.05, 3.63) is 125 Å². The predicted molar refractivity (Wildman–Crippen MR) is 157 cm³/mol. The van der Waals surface area contributed by atoms with Gasteiger partial charge in [0.2, 0.25) is 0 Å². The van der Waals surface area contributed by atoms with Crippen molar-refractivity contribution in [2.24, 2.45) is 0 Å². The summed E-state index contributed by atoms with van der Waals surface area (Å²) >= 11 is 0. The van der Waals surface area contributed by atoms with Gasteiger partial charge < -0.3 is 9.67 Å². The molecule has 6 aromatic rings. The number of non-ortho nitro benzene ring substituents is 1. The van der Waals surface area contributed by atoms with Crippen LogP contribution in [0.4, 0.5) is 11.4 Å². The molecule has 1 aromatic heterocycles. The maximum Gasteiger partial charge on any atom is 0.277 e. The van der Waals surface area contributed by atoms with Crippen LogP contribution >= 0.6 is 0 Å². The van der Waals surface area contributed by atoms with E-state index in [2.05, 4.69) is 0 Å². The predicted octanol–water partition coefficient (Wildman–Crippen LogP) is 6.11. The molecule has 8 nitrogen and oxygen atoms in total. The number of anilines is 1. The summed E-state index contributed by atoms with van der Waals surface area (Å²) in [6.07, 6.45) is -1.10. The number of hydrogen-bond acceptors (Lipinski definition) is 5. The Bertz CT molecular complexity index is 1930. The fourth-order valence-corrected chi connectivity index (χ4v) is 6.90. The SMILES string of the molecule is O=[N+]([O-])c1cccc2c(N(C[C@H](O)Cn3c4ccccc4c4ccccc43)S(=O)(=O)c3ccccc3)cccc12. The number of nitro groups is 1. The summed E-state index contributed by atoms with van der Waals surface area (Å²) < 4.78 is 31.2. The van der Waals surface area contributed by atoms with Crippen LogP contribution in [0.2, 0.25) is 0 Å². The van der Waals surface area contributed by atoms with Crippen molar-refractivity contribution in [3.8, 4) is 0 Å². The molecule has 1 N–H and O–H groups in total. The summed E-state index contributed by atoms with van der Waals surface area (Å²) in [5.41, 5.74) is 2.00. The van der Waals surface area contributed by atoms with E-state index < -0.39 is 21.1 Å². The van der Waals surface area contributed by atoms with Crippen molar-refractivity contribution in [2.75, 3.05) is 10.8 Å². The summed E-state index contributed by atoms with van der Waals surface area (Å²) in [4.78, 5) is 11.3. The van der Waals surface area contributed by atoms with Gasteiger partial charge in [-0.3, -0.25) is 14.4 Å². The van der Waals surface area contributed by atoms with Gasteiger partial charge in [-0.15, -0.1) is 0 Å². The normalized spacial score (nSPS) is 12.6. The van der Waals surface area contributed by atoms with Gasteiger partial charge in [0, 0.05) is 33.3 Å². The van der Waals surface area contributed by atoms with Crippen molar-refractivity contribution in [3.63, 3.8) is 0 Å². The van der Waals surface area contributed by atoms with Crippen LogP contribution in [0.5, 0.6) is 0 Å². The zero-order valence-electron chi connectivity index (χ0n) is 21.3. The maximum absolute atomic E-state index is 14.0. The first-order valence-corrected chi connectivity index (χ1v) is 14.2. The van der Waals surface area contributed by atoms with E-state index in [0.29, 0.717) is 10.8 Å². The molecule has 6 rings (SSSR count). The number of nitro benzene ring substituents is 1. The van der Waals surface area contributed by atoms with E-state index in [4.69, 9.17) is 0 Å². The van der Waals surface area contributed by atoms with Crippen molar-refractivity contribution in [1.82, 2.24) is 4.57 Å². The van der Waals surface area contributed by atoms with E-state index in [0.717, 1.165) is 26.1 Å². The third kappa shape index (κ3) is 4.35. The van der Waals surface area contributed by atoms with Crippen LogP contribution in [-0.2, 0) is 16.6 Å². The minimum atomic E-state index is -4.14. The summed E-state index contributed by atoms with van der Waals surface area (Å²) in [5, 5.41) is 26.0. The number of benzene rings is 5. The Morgan fingerprint density at radius 3 is 1.93 bits per heavy atom. The van der Waals surface area contributed by atoms with Crippen LogP contribution in [-0.4, -0.2) is 35.7 Å². The molecule has 0 unspecified atom stereocenters. The molecule has 0 fully saturated rings. The van der Waals surface area contributed by atoms with Crippen LogP contribution < -0.4 is 4.31 Å². The fraction of sp³-hybridized carbons (Fsp3) is 0.0968. The second kappa shape index (κ2) is 10.1. The number of sulfonamides is 1. The first kappa shape index (κ1) is 25.5. The molecule has 0 amide bonds. The number of aromatic nitrogens is 1. The van der Waals surface area contributed by atoms with Gasteiger partial charge in [0.25, 0.3) is 15.7 Å². The van der Waals surface area contributed by atoms with Gasteiger partial charge >= 0.3 is 0 Å². The van der Waals surface area contributed by atoms with Crippen LogP contribution in [0.25, 0.3) is 32.6 Å². The molecular formula is C31H25N3O5S. The molecule has 40 heavy (non-hydrogen) atoms. The second-order valence-corrected chi connectivity index (χ2v) is 11.4. The highest BCUT2D eigenvalue weighted by molar-refractivity contribution is 7.92.